The molecule has 2 atom stereocenters. The molecule has 3 N–H and O–H groups in total. The molecule has 1 aliphatic rings. The highest BCUT2D eigenvalue weighted by Gasteiger charge is 2.29. The minimum Gasteiger partial charge on any atom is -0.480 e. The molecule has 1 rings (SSSR count). The summed E-state index contributed by atoms with van der Waals surface area (Å²) in [7, 11) is 1.69. The number of carboxylic acid groups (broad SMARTS) is 1. The molecule has 8 heteroatoms. The zero-order valence-corrected chi connectivity index (χ0v) is 13.8. The lowest BCUT2D eigenvalue weighted by molar-refractivity contribution is -0.142. The molecule has 130 valence electrons. The molecule has 1 unspecified atom stereocenters. The van der Waals surface area contributed by atoms with Crippen LogP contribution in [0.15, 0.2) is 0 Å². The van der Waals surface area contributed by atoms with Gasteiger partial charge in [-0.05, 0) is 18.8 Å². The van der Waals surface area contributed by atoms with Gasteiger partial charge in [-0.3, -0.25) is 14.4 Å². The predicted octanol–water partition coefficient (Wildman–Crippen LogP) is -0.413. The highest BCUT2D eigenvalue weighted by Crippen LogP contribution is 2.17. The fourth-order valence-corrected chi connectivity index (χ4v) is 2.42. The van der Waals surface area contributed by atoms with E-state index in [9.17, 15) is 19.2 Å². The highest BCUT2D eigenvalue weighted by atomic mass is 16.4. The van der Waals surface area contributed by atoms with Gasteiger partial charge in [-0.1, -0.05) is 13.8 Å². The van der Waals surface area contributed by atoms with Crippen molar-refractivity contribution in [3.05, 3.63) is 0 Å². The van der Waals surface area contributed by atoms with E-state index in [0.29, 0.717) is 19.4 Å². The molecule has 0 aromatic heterocycles. The van der Waals surface area contributed by atoms with Gasteiger partial charge in [-0.2, -0.15) is 0 Å². The lowest BCUT2D eigenvalue weighted by Crippen LogP contribution is -2.48. The first-order valence-electron chi connectivity index (χ1n) is 7.74. The van der Waals surface area contributed by atoms with Crippen LogP contribution in [0, 0.1) is 11.8 Å². The Kier molecular flexibility index (Phi) is 6.99. The number of nitrogens with zero attached hydrogens (tertiary/aromatic N) is 1. The summed E-state index contributed by atoms with van der Waals surface area (Å²) in [6.45, 7) is 3.95. The number of hydrogen-bond donors (Lipinski definition) is 3. The summed E-state index contributed by atoms with van der Waals surface area (Å²) in [5.74, 6) is -2.40. The Morgan fingerprint density at radius 3 is 2.52 bits per heavy atom. The van der Waals surface area contributed by atoms with Crippen molar-refractivity contribution in [3.8, 4) is 0 Å². The van der Waals surface area contributed by atoms with Gasteiger partial charge in [0.1, 0.15) is 6.04 Å². The van der Waals surface area contributed by atoms with Crippen LogP contribution in [0.3, 0.4) is 0 Å². The van der Waals surface area contributed by atoms with Crippen molar-refractivity contribution in [3.63, 3.8) is 0 Å². The molecular formula is C15H25N3O5. The van der Waals surface area contributed by atoms with Crippen LogP contribution in [-0.4, -0.2) is 59.9 Å². The molecule has 1 fully saturated rings. The van der Waals surface area contributed by atoms with E-state index in [2.05, 4.69) is 10.6 Å². The SMILES string of the molecule is CC(C)C[C@H](NC(=O)CNC(=O)C1CCN(C)C(=O)C1)C(=O)O. The third kappa shape index (κ3) is 6.25. The largest absolute Gasteiger partial charge is 0.480 e. The molecule has 23 heavy (non-hydrogen) atoms. The monoisotopic (exact) mass is 327 g/mol. The van der Waals surface area contributed by atoms with E-state index in [-0.39, 0.29) is 30.7 Å². The number of likely N-dealkylation sites (tertiary alicyclic amines) is 1. The Balaban J connectivity index is 2.41. The Hall–Kier alpha value is -2.12. The van der Waals surface area contributed by atoms with Gasteiger partial charge in [0, 0.05) is 25.9 Å². The summed E-state index contributed by atoms with van der Waals surface area (Å²) in [4.78, 5) is 48.0. The molecule has 8 nitrogen and oxygen atoms in total. The first-order chi connectivity index (χ1) is 10.7. The first kappa shape index (κ1) is 18.9. The van der Waals surface area contributed by atoms with E-state index in [1.807, 2.05) is 13.8 Å². The standard InChI is InChI=1S/C15H25N3O5/c1-9(2)6-11(15(22)23)17-12(19)8-16-14(21)10-4-5-18(3)13(20)7-10/h9-11H,4-8H2,1-3H3,(H,16,21)(H,17,19)(H,22,23)/t10?,11-/m0/s1. The summed E-state index contributed by atoms with van der Waals surface area (Å²) in [6.07, 6.45) is 1.01. The lowest BCUT2D eigenvalue weighted by atomic mass is 9.95. The van der Waals surface area contributed by atoms with Crippen LogP contribution in [0.4, 0.5) is 0 Å². The number of carbonyl (C=O) groups is 4. The summed E-state index contributed by atoms with van der Waals surface area (Å²) in [5.41, 5.74) is 0. The minimum absolute atomic E-state index is 0.0938. The van der Waals surface area contributed by atoms with Gasteiger partial charge in [0.25, 0.3) is 0 Å². The maximum atomic E-state index is 12.0. The molecule has 0 saturated carbocycles. The zero-order chi connectivity index (χ0) is 17.6. The van der Waals surface area contributed by atoms with Crippen LogP contribution in [0.2, 0.25) is 0 Å². The molecule has 1 aliphatic heterocycles. The maximum absolute atomic E-state index is 12.0. The van der Waals surface area contributed by atoms with Gasteiger partial charge >= 0.3 is 5.97 Å². The van der Waals surface area contributed by atoms with Crippen LogP contribution < -0.4 is 10.6 Å². The van der Waals surface area contributed by atoms with E-state index in [0.717, 1.165) is 0 Å². The molecule has 0 radical (unpaired) electrons. The van der Waals surface area contributed by atoms with Crippen molar-refractivity contribution in [1.29, 1.82) is 0 Å². The highest BCUT2D eigenvalue weighted by molar-refractivity contribution is 5.90. The van der Waals surface area contributed by atoms with Crippen LogP contribution in [0.25, 0.3) is 0 Å². The number of rotatable bonds is 7. The van der Waals surface area contributed by atoms with Gasteiger partial charge in [0.2, 0.25) is 17.7 Å². The maximum Gasteiger partial charge on any atom is 0.326 e. The van der Waals surface area contributed by atoms with Crippen molar-refractivity contribution in [2.45, 2.75) is 39.2 Å². The summed E-state index contributed by atoms with van der Waals surface area (Å²) in [6, 6.07) is -0.968. The molecule has 0 aromatic rings. The molecule has 1 heterocycles. The van der Waals surface area contributed by atoms with Crippen molar-refractivity contribution < 1.29 is 24.3 Å². The smallest absolute Gasteiger partial charge is 0.326 e. The Morgan fingerprint density at radius 1 is 1.35 bits per heavy atom. The second-order valence-electron chi connectivity index (χ2n) is 6.31. The van der Waals surface area contributed by atoms with Crippen molar-refractivity contribution in [2.24, 2.45) is 11.8 Å². The topological polar surface area (TPSA) is 116 Å². The molecular weight excluding hydrogens is 302 g/mol. The van der Waals surface area contributed by atoms with E-state index < -0.39 is 23.8 Å². The summed E-state index contributed by atoms with van der Waals surface area (Å²) in [5, 5.41) is 13.9. The number of nitrogens with one attached hydrogen (secondary N) is 2. The fraction of sp³-hybridized carbons (Fsp3) is 0.733. The molecule has 0 spiro atoms. The van der Waals surface area contributed by atoms with Gasteiger partial charge in [0.05, 0.1) is 6.54 Å². The average Bonchev–Trinajstić information content (AvgIpc) is 2.46. The number of carboxylic acids is 1. The van der Waals surface area contributed by atoms with Crippen molar-refractivity contribution >= 4 is 23.7 Å². The quantitative estimate of drug-likeness (QED) is 0.588. The number of piperidine rings is 1. The molecule has 0 aromatic carbocycles. The third-order valence-electron chi connectivity index (χ3n) is 3.79. The van der Waals surface area contributed by atoms with E-state index in [1.54, 1.807) is 11.9 Å². The lowest BCUT2D eigenvalue weighted by Gasteiger charge is -2.27. The number of hydrogen-bond acceptors (Lipinski definition) is 4. The molecule has 0 aliphatic carbocycles. The zero-order valence-electron chi connectivity index (χ0n) is 13.8. The van der Waals surface area contributed by atoms with E-state index in [1.165, 1.54) is 0 Å². The predicted molar refractivity (Wildman–Crippen MR) is 82.4 cm³/mol. The van der Waals surface area contributed by atoms with Crippen LogP contribution >= 0.6 is 0 Å². The van der Waals surface area contributed by atoms with Crippen molar-refractivity contribution in [1.82, 2.24) is 15.5 Å². The second-order valence-corrected chi connectivity index (χ2v) is 6.31. The number of carbonyl (C=O) groups excluding carboxylic acids is 3. The summed E-state index contributed by atoms with van der Waals surface area (Å²) < 4.78 is 0. The van der Waals surface area contributed by atoms with Gasteiger partial charge in [-0.25, -0.2) is 4.79 Å². The minimum atomic E-state index is -1.10. The first-order valence-corrected chi connectivity index (χ1v) is 7.74. The van der Waals surface area contributed by atoms with Gasteiger partial charge in [-0.15, -0.1) is 0 Å². The third-order valence-corrected chi connectivity index (χ3v) is 3.79. The molecule has 3 amide bonds. The van der Waals surface area contributed by atoms with Gasteiger partial charge in [0.15, 0.2) is 0 Å². The fourth-order valence-electron chi connectivity index (χ4n) is 2.42. The molecule has 1 saturated heterocycles. The average molecular weight is 327 g/mol. The Labute approximate surface area is 135 Å². The second kappa shape index (κ2) is 8.50. The molecule has 0 bridgehead atoms. The van der Waals surface area contributed by atoms with Crippen LogP contribution in [0.1, 0.15) is 33.1 Å². The van der Waals surface area contributed by atoms with Crippen LogP contribution in [-0.2, 0) is 19.2 Å². The van der Waals surface area contributed by atoms with Gasteiger partial charge < -0.3 is 20.6 Å². The van der Waals surface area contributed by atoms with E-state index in [4.69, 9.17) is 5.11 Å². The van der Waals surface area contributed by atoms with Crippen LogP contribution in [0.5, 0.6) is 0 Å². The number of amides is 3. The Bertz CT molecular complexity index is 478. The summed E-state index contributed by atoms with van der Waals surface area (Å²) >= 11 is 0. The normalized spacial score (nSPS) is 19.4. The number of aliphatic carboxylic acids is 1. The Morgan fingerprint density at radius 2 is 2.00 bits per heavy atom. The van der Waals surface area contributed by atoms with E-state index >= 15 is 0 Å². The van der Waals surface area contributed by atoms with Crippen molar-refractivity contribution in [2.75, 3.05) is 20.1 Å².